The van der Waals surface area contributed by atoms with Crippen LogP contribution in [0, 0.1) is 0 Å². The molecule has 1 aromatic rings. The molecule has 0 bridgehead atoms. The highest BCUT2D eigenvalue weighted by atomic mass is 16.1. The predicted molar refractivity (Wildman–Crippen MR) is 59.8 cm³/mol. The van der Waals surface area contributed by atoms with Crippen LogP contribution in [0.5, 0.6) is 0 Å². The zero-order valence-electron chi connectivity index (χ0n) is 8.98. The summed E-state index contributed by atoms with van der Waals surface area (Å²) in [5, 5.41) is 0. The molecule has 0 spiro atoms. The highest BCUT2D eigenvalue weighted by molar-refractivity contribution is 5.91. The van der Waals surface area contributed by atoms with E-state index in [1.807, 2.05) is 37.3 Å². The van der Waals surface area contributed by atoms with Gasteiger partial charge in [0.15, 0.2) is 0 Å². The Hall–Kier alpha value is -1.44. The van der Waals surface area contributed by atoms with Gasteiger partial charge in [-0.05, 0) is 12.0 Å². The maximum absolute atomic E-state index is 11.1. The lowest BCUT2D eigenvalue weighted by Gasteiger charge is -2.21. The zero-order valence-corrected chi connectivity index (χ0v) is 8.98. The second kappa shape index (κ2) is 5.44. The van der Waals surface area contributed by atoms with Gasteiger partial charge in [-0.25, -0.2) is 0 Å². The molecule has 1 rings (SSSR count). The van der Waals surface area contributed by atoms with Crippen LogP contribution in [0.1, 0.15) is 31.7 Å². The molecule has 2 heteroatoms. The van der Waals surface area contributed by atoms with Crippen molar-refractivity contribution in [1.82, 2.24) is 0 Å². The molecule has 0 saturated heterocycles. The van der Waals surface area contributed by atoms with Gasteiger partial charge in [-0.2, -0.15) is 0 Å². The number of rotatable bonds is 6. The molecular weight excluding hydrogens is 188 g/mol. The van der Waals surface area contributed by atoms with Crippen LogP contribution in [0.15, 0.2) is 30.3 Å². The van der Waals surface area contributed by atoms with E-state index in [1.54, 1.807) is 0 Å². The molecule has 0 fully saturated rings. The minimum absolute atomic E-state index is 0.598. The topological polar surface area (TPSA) is 34.1 Å². The van der Waals surface area contributed by atoms with Crippen molar-refractivity contribution in [1.29, 1.82) is 0 Å². The third-order valence-electron chi connectivity index (χ3n) is 2.68. The molecular formula is C13H16O2. The van der Waals surface area contributed by atoms with E-state index in [-0.39, 0.29) is 0 Å². The summed E-state index contributed by atoms with van der Waals surface area (Å²) in [6.07, 6.45) is 4.00. The second-order valence-electron chi connectivity index (χ2n) is 3.75. The average molecular weight is 204 g/mol. The first-order valence-corrected chi connectivity index (χ1v) is 5.27. The monoisotopic (exact) mass is 204 g/mol. The Morgan fingerprint density at radius 1 is 1.13 bits per heavy atom. The van der Waals surface area contributed by atoms with E-state index in [1.165, 1.54) is 0 Å². The summed E-state index contributed by atoms with van der Waals surface area (Å²) in [5.74, 6) is 0. The minimum atomic E-state index is -0.933. The highest BCUT2D eigenvalue weighted by Gasteiger charge is 2.30. The zero-order chi connectivity index (χ0) is 11.1. The number of carbonyl (C=O) groups excluding carboxylic acids is 2. The first-order valence-electron chi connectivity index (χ1n) is 5.27. The first-order chi connectivity index (χ1) is 7.29. The van der Waals surface area contributed by atoms with Crippen molar-refractivity contribution in [3.05, 3.63) is 35.9 Å². The van der Waals surface area contributed by atoms with Gasteiger partial charge in [-0.1, -0.05) is 50.1 Å². The summed E-state index contributed by atoms with van der Waals surface area (Å²) < 4.78 is 0. The van der Waals surface area contributed by atoms with Crippen LogP contribution in [0.2, 0.25) is 0 Å². The number of carbonyl (C=O) groups is 2. The molecule has 0 aliphatic carbocycles. The van der Waals surface area contributed by atoms with E-state index in [0.717, 1.165) is 31.0 Å². The Morgan fingerprint density at radius 2 is 1.73 bits per heavy atom. The van der Waals surface area contributed by atoms with Gasteiger partial charge < -0.3 is 9.59 Å². The number of benzene rings is 1. The van der Waals surface area contributed by atoms with Crippen molar-refractivity contribution in [3.63, 3.8) is 0 Å². The SMILES string of the molecule is CCCCC(C=O)(C=O)c1ccccc1. The molecule has 1 aromatic carbocycles. The van der Waals surface area contributed by atoms with Gasteiger partial charge in [0.25, 0.3) is 0 Å². The molecule has 0 N–H and O–H groups in total. The van der Waals surface area contributed by atoms with E-state index in [0.29, 0.717) is 6.42 Å². The molecule has 80 valence electrons. The summed E-state index contributed by atoms with van der Waals surface area (Å²) in [6.45, 7) is 2.05. The van der Waals surface area contributed by atoms with Crippen molar-refractivity contribution in [2.75, 3.05) is 0 Å². The Bertz CT molecular complexity index is 309. The fourth-order valence-corrected chi connectivity index (χ4v) is 1.64. The van der Waals surface area contributed by atoms with Crippen LogP contribution < -0.4 is 0 Å². The van der Waals surface area contributed by atoms with Gasteiger partial charge >= 0.3 is 0 Å². The summed E-state index contributed by atoms with van der Waals surface area (Å²) in [5.41, 5.74) is -0.138. The summed E-state index contributed by atoms with van der Waals surface area (Å²) in [4.78, 5) is 22.3. The fraction of sp³-hybridized carbons (Fsp3) is 0.385. The molecule has 0 aromatic heterocycles. The lowest BCUT2D eigenvalue weighted by atomic mass is 9.79. The molecule has 0 heterocycles. The lowest BCUT2D eigenvalue weighted by molar-refractivity contribution is -0.121. The van der Waals surface area contributed by atoms with Crippen LogP contribution in [0.25, 0.3) is 0 Å². The molecule has 0 saturated carbocycles. The molecule has 0 amide bonds. The molecule has 2 nitrogen and oxygen atoms in total. The maximum Gasteiger partial charge on any atom is 0.137 e. The molecule has 0 radical (unpaired) electrons. The van der Waals surface area contributed by atoms with Crippen molar-refractivity contribution in [2.45, 2.75) is 31.6 Å². The van der Waals surface area contributed by atoms with Crippen LogP contribution in [0.4, 0.5) is 0 Å². The fourth-order valence-electron chi connectivity index (χ4n) is 1.64. The van der Waals surface area contributed by atoms with Crippen molar-refractivity contribution in [3.8, 4) is 0 Å². The summed E-state index contributed by atoms with van der Waals surface area (Å²) >= 11 is 0. The molecule has 0 aliphatic heterocycles. The first kappa shape index (κ1) is 11.6. The smallest absolute Gasteiger partial charge is 0.137 e. The normalized spacial score (nSPS) is 11.0. The van der Waals surface area contributed by atoms with Crippen LogP contribution >= 0.6 is 0 Å². The Labute approximate surface area is 90.3 Å². The second-order valence-corrected chi connectivity index (χ2v) is 3.75. The van der Waals surface area contributed by atoms with Crippen LogP contribution in [-0.2, 0) is 15.0 Å². The van der Waals surface area contributed by atoms with Gasteiger partial charge in [0.1, 0.15) is 18.0 Å². The number of hydrogen-bond acceptors (Lipinski definition) is 2. The number of hydrogen-bond donors (Lipinski definition) is 0. The van der Waals surface area contributed by atoms with Crippen molar-refractivity contribution >= 4 is 12.6 Å². The van der Waals surface area contributed by atoms with Gasteiger partial charge in [0.2, 0.25) is 0 Å². The molecule has 0 atom stereocenters. The van der Waals surface area contributed by atoms with Crippen molar-refractivity contribution in [2.24, 2.45) is 0 Å². The minimum Gasteiger partial charge on any atom is -0.302 e. The van der Waals surface area contributed by atoms with E-state index in [9.17, 15) is 9.59 Å². The quantitative estimate of drug-likeness (QED) is 0.527. The lowest BCUT2D eigenvalue weighted by Crippen LogP contribution is -2.29. The maximum atomic E-state index is 11.1. The molecule has 15 heavy (non-hydrogen) atoms. The largest absolute Gasteiger partial charge is 0.302 e. The Kier molecular flexibility index (Phi) is 4.22. The average Bonchev–Trinajstić information content (AvgIpc) is 2.33. The standard InChI is InChI=1S/C13H16O2/c1-2-3-9-13(10-14,11-15)12-7-5-4-6-8-12/h4-8,10-11H,2-3,9H2,1H3. The van der Waals surface area contributed by atoms with E-state index in [4.69, 9.17) is 0 Å². The van der Waals surface area contributed by atoms with Crippen LogP contribution in [0.3, 0.4) is 0 Å². The summed E-state index contributed by atoms with van der Waals surface area (Å²) in [6, 6.07) is 9.24. The Morgan fingerprint density at radius 3 is 2.20 bits per heavy atom. The molecule has 0 aliphatic rings. The van der Waals surface area contributed by atoms with Crippen molar-refractivity contribution < 1.29 is 9.59 Å². The van der Waals surface area contributed by atoms with Gasteiger partial charge in [-0.3, -0.25) is 0 Å². The van der Waals surface area contributed by atoms with Gasteiger partial charge in [-0.15, -0.1) is 0 Å². The van der Waals surface area contributed by atoms with Gasteiger partial charge in [0, 0.05) is 0 Å². The van der Waals surface area contributed by atoms with E-state index < -0.39 is 5.41 Å². The summed E-state index contributed by atoms with van der Waals surface area (Å²) in [7, 11) is 0. The number of unbranched alkanes of at least 4 members (excludes halogenated alkanes) is 1. The Balaban J connectivity index is 3.00. The van der Waals surface area contributed by atoms with E-state index in [2.05, 4.69) is 0 Å². The predicted octanol–water partition coefficient (Wildman–Crippen LogP) is 2.51. The third kappa shape index (κ3) is 2.52. The number of aldehydes is 2. The molecule has 0 unspecified atom stereocenters. The van der Waals surface area contributed by atoms with E-state index >= 15 is 0 Å². The van der Waals surface area contributed by atoms with Gasteiger partial charge in [0.05, 0.1) is 0 Å². The third-order valence-corrected chi connectivity index (χ3v) is 2.68. The highest BCUT2D eigenvalue weighted by Crippen LogP contribution is 2.25. The van der Waals surface area contributed by atoms with Crippen LogP contribution in [-0.4, -0.2) is 12.6 Å².